The highest BCUT2D eigenvalue weighted by Crippen LogP contribution is 2.14. The summed E-state index contributed by atoms with van der Waals surface area (Å²) in [5, 5.41) is 8.65. The summed E-state index contributed by atoms with van der Waals surface area (Å²) in [5.41, 5.74) is 5.67. The number of amides is 1. The van der Waals surface area contributed by atoms with Gasteiger partial charge in [0, 0.05) is 39.3 Å². The van der Waals surface area contributed by atoms with Crippen molar-refractivity contribution < 1.29 is 14.7 Å². The molecular formula is C13H25N3O3. The number of aliphatic carboxylic acids is 1. The number of nitrogens with zero attached hydrogens (tertiary/aromatic N) is 2. The average molecular weight is 271 g/mol. The van der Waals surface area contributed by atoms with Gasteiger partial charge in [0.15, 0.2) is 0 Å². The Morgan fingerprint density at radius 3 is 2.21 bits per heavy atom. The third-order valence-corrected chi connectivity index (χ3v) is 3.70. The predicted molar refractivity (Wildman–Crippen MR) is 72.7 cm³/mol. The van der Waals surface area contributed by atoms with E-state index in [4.69, 9.17) is 10.8 Å². The van der Waals surface area contributed by atoms with Gasteiger partial charge in [-0.1, -0.05) is 13.8 Å². The molecule has 0 bridgehead atoms. The first kappa shape index (κ1) is 15.9. The van der Waals surface area contributed by atoms with Crippen molar-refractivity contribution in [2.24, 2.45) is 17.6 Å². The van der Waals surface area contributed by atoms with Crippen LogP contribution in [0.25, 0.3) is 0 Å². The second kappa shape index (κ2) is 7.45. The van der Waals surface area contributed by atoms with E-state index in [0.717, 1.165) is 13.1 Å². The molecule has 1 aliphatic heterocycles. The van der Waals surface area contributed by atoms with Crippen molar-refractivity contribution >= 4 is 11.9 Å². The number of hydrogen-bond donors (Lipinski definition) is 2. The van der Waals surface area contributed by atoms with Gasteiger partial charge in [0.1, 0.15) is 0 Å². The zero-order valence-corrected chi connectivity index (χ0v) is 11.8. The Labute approximate surface area is 114 Å². The van der Waals surface area contributed by atoms with Crippen LogP contribution in [0.2, 0.25) is 0 Å². The Kier molecular flexibility index (Phi) is 6.24. The smallest absolute Gasteiger partial charge is 0.304 e. The molecule has 1 saturated heterocycles. The van der Waals surface area contributed by atoms with E-state index in [1.165, 1.54) is 0 Å². The van der Waals surface area contributed by atoms with Crippen molar-refractivity contribution in [3.63, 3.8) is 0 Å². The average Bonchev–Trinajstić information content (AvgIpc) is 2.37. The van der Waals surface area contributed by atoms with Gasteiger partial charge in [0.25, 0.3) is 0 Å². The normalized spacial score (nSPS) is 18.6. The molecule has 1 aliphatic rings. The molecule has 19 heavy (non-hydrogen) atoms. The number of carboxylic acid groups (broad SMARTS) is 1. The van der Waals surface area contributed by atoms with Crippen LogP contribution in [0.1, 0.15) is 20.3 Å². The topological polar surface area (TPSA) is 86.9 Å². The minimum absolute atomic E-state index is 0.106. The maximum atomic E-state index is 12.3. The first-order valence-corrected chi connectivity index (χ1v) is 6.88. The molecule has 1 heterocycles. The molecule has 0 aromatic heterocycles. The zero-order valence-electron chi connectivity index (χ0n) is 11.8. The summed E-state index contributed by atoms with van der Waals surface area (Å²) < 4.78 is 0. The molecule has 110 valence electrons. The van der Waals surface area contributed by atoms with E-state index in [2.05, 4.69) is 4.90 Å². The Hall–Kier alpha value is -1.14. The third-order valence-electron chi connectivity index (χ3n) is 3.70. The monoisotopic (exact) mass is 271 g/mol. The molecule has 0 saturated carbocycles. The molecule has 1 atom stereocenters. The van der Waals surface area contributed by atoms with Gasteiger partial charge in [0.05, 0.1) is 12.3 Å². The number of hydrogen-bond acceptors (Lipinski definition) is 4. The maximum Gasteiger partial charge on any atom is 0.304 e. The van der Waals surface area contributed by atoms with Gasteiger partial charge in [-0.2, -0.15) is 0 Å². The maximum absolute atomic E-state index is 12.3. The summed E-state index contributed by atoms with van der Waals surface area (Å²) in [7, 11) is 0. The van der Waals surface area contributed by atoms with Crippen LogP contribution < -0.4 is 5.73 Å². The summed E-state index contributed by atoms with van der Waals surface area (Å²) >= 11 is 0. The van der Waals surface area contributed by atoms with E-state index < -0.39 is 5.97 Å². The minimum Gasteiger partial charge on any atom is -0.481 e. The molecule has 0 aliphatic carbocycles. The van der Waals surface area contributed by atoms with Gasteiger partial charge in [-0.3, -0.25) is 14.5 Å². The lowest BCUT2D eigenvalue weighted by Crippen LogP contribution is -2.52. The van der Waals surface area contributed by atoms with Crippen molar-refractivity contribution in [1.82, 2.24) is 9.80 Å². The highest BCUT2D eigenvalue weighted by Gasteiger charge is 2.28. The molecular weight excluding hydrogens is 246 g/mol. The first-order valence-electron chi connectivity index (χ1n) is 6.88. The molecule has 6 nitrogen and oxygen atoms in total. The molecule has 6 heteroatoms. The fraction of sp³-hybridized carbons (Fsp3) is 0.846. The highest BCUT2D eigenvalue weighted by atomic mass is 16.4. The molecule has 0 spiro atoms. The Morgan fingerprint density at radius 2 is 1.79 bits per heavy atom. The number of carbonyl (C=O) groups is 2. The summed E-state index contributed by atoms with van der Waals surface area (Å²) in [6.45, 7) is 7.79. The number of carbonyl (C=O) groups excluding carboxylic acids is 1. The second-order valence-corrected chi connectivity index (χ2v) is 5.40. The van der Waals surface area contributed by atoms with Crippen LogP contribution in [0, 0.1) is 11.8 Å². The number of rotatable bonds is 6. The van der Waals surface area contributed by atoms with Crippen molar-refractivity contribution in [1.29, 1.82) is 0 Å². The van der Waals surface area contributed by atoms with Gasteiger partial charge in [-0.05, 0) is 5.92 Å². The standard InChI is InChI=1S/C13H25N3O3/c1-10(2)11(9-14)13(19)16-7-5-15(6-8-16)4-3-12(17)18/h10-11H,3-9,14H2,1-2H3,(H,17,18). The Bertz CT molecular complexity index is 312. The van der Waals surface area contributed by atoms with Crippen LogP contribution in [0.5, 0.6) is 0 Å². The van der Waals surface area contributed by atoms with Crippen LogP contribution in [-0.2, 0) is 9.59 Å². The van der Waals surface area contributed by atoms with Gasteiger partial charge in [-0.25, -0.2) is 0 Å². The van der Waals surface area contributed by atoms with Crippen LogP contribution in [0.4, 0.5) is 0 Å². The third kappa shape index (κ3) is 4.80. The van der Waals surface area contributed by atoms with Gasteiger partial charge < -0.3 is 15.7 Å². The van der Waals surface area contributed by atoms with Crippen molar-refractivity contribution in [3.8, 4) is 0 Å². The molecule has 0 aromatic carbocycles. The summed E-state index contributed by atoms with van der Waals surface area (Å²) in [6.07, 6.45) is 0.158. The Morgan fingerprint density at radius 1 is 1.21 bits per heavy atom. The van der Waals surface area contributed by atoms with Gasteiger partial charge in [-0.15, -0.1) is 0 Å². The largest absolute Gasteiger partial charge is 0.481 e. The van der Waals surface area contributed by atoms with Crippen LogP contribution in [0.15, 0.2) is 0 Å². The van der Waals surface area contributed by atoms with E-state index in [0.29, 0.717) is 26.2 Å². The van der Waals surface area contributed by atoms with Crippen LogP contribution >= 0.6 is 0 Å². The van der Waals surface area contributed by atoms with Crippen molar-refractivity contribution in [2.45, 2.75) is 20.3 Å². The number of carboxylic acids is 1. The van der Waals surface area contributed by atoms with Crippen LogP contribution in [0.3, 0.4) is 0 Å². The predicted octanol–water partition coefficient (Wildman–Crippen LogP) is -0.164. The first-order chi connectivity index (χ1) is 8.95. The highest BCUT2D eigenvalue weighted by molar-refractivity contribution is 5.79. The fourth-order valence-electron chi connectivity index (χ4n) is 2.34. The van der Waals surface area contributed by atoms with E-state index in [-0.39, 0.29) is 24.2 Å². The fourth-order valence-corrected chi connectivity index (χ4v) is 2.34. The molecule has 0 aromatic rings. The lowest BCUT2D eigenvalue weighted by atomic mass is 9.94. The summed E-state index contributed by atoms with van der Waals surface area (Å²) in [5.74, 6) is -0.495. The van der Waals surface area contributed by atoms with E-state index in [9.17, 15) is 9.59 Å². The lowest BCUT2D eigenvalue weighted by Gasteiger charge is -2.36. The molecule has 1 fully saturated rings. The van der Waals surface area contributed by atoms with E-state index in [1.807, 2.05) is 18.7 Å². The molecule has 3 N–H and O–H groups in total. The summed E-state index contributed by atoms with van der Waals surface area (Å²) in [4.78, 5) is 26.7. The minimum atomic E-state index is -0.776. The zero-order chi connectivity index (χ0) is 14.4. The van der Waals surface area contributed by atoms with E-state index >= 15 is 0 Å². The van der Waals surface area contributed by atoms with E-state index in [1.54, 1.807) is 0 Å². The van der Waals surface area contributed by atoms with Gasteiger partial charge >= 0.3 is 5.97 Å². The van der Waals surface area contributed by atoms with Gasteiger partial charge in [0.2, 0.25) is 5.91 Å². The SMILES string of the molecule is CC(C)C(CN)C(=O)N1CCN(CCC(=O)O)CC1. The second-order valence-electron chi connectivity index (χ2n) is 5.40. The molecule has 1 amide bonds. The molecule has 0 radical (unpaired) electrons. The summed E-state index contributed by atoms with van der Waals surface area (Å²) in [6, 6.07) is 0. The lowest BCUT2D eigenvalue weighted by molar-refractivity contribution is -0.140. The Balaban J connectivity index is 2.40. The molecule has 1 rings (SSSR count). The van der Waals surface area contributed by atoms with Crippen molar-refractivity contribution in [3.05, 3.63) is 0 Å². The van der Waals surface area contributed by atoms with Crippen LogP contribution in [-0.4, -0.2) is 66.1 Å². The van der Waals surface area contributed by atoms with Crippen molar-refractivity contribution in [2.75, 3.05) is 39.3 Å². The number of piperazine rings is 1. The molecule has 1 unspecified atom stereocenters. The number of nitrogens with two attached hydrogens (primary N) is 1. The quantitative estimate of drug-likeness (QED) is 0.701.